The van der Waals surface area contributed by atoms with Gasteiger partial charge in [-0.1, -0.05) is 0 Å². The summed E-state index contributed by atoms with van der Waals surface area (Å²) in [5.41, 5.74) is 5.38. The maximum atomic E-state index is 5.73. The number of nitrogens with one attached hydrogen (secondary N) is 1. The highest BCUT2D eigenvalue weighted by molar-refractivity contribution is 5.69. The molecular formula is C20H19N5O. The molecule has 3 fully saturated rings. The van der Waals surface area contributed by atoms with Crippen LogP contribution in [0.3, 0.4) is 0 Å². The lowest BCUT2D eigenvalue weighted by Crippen LogP contribution is -2.67. The lowest BCUT2D eigenvalue weighted by atomic mass is 9.91. The summed E-state index contributed by atoms with van der Waals surface area (Å²) >= 11 is 0. The Bertz CT molecular complexity index is 964. The highest BCUT2D eigenvalue weighted by Gasteiger charge is 2.36. The summed E-state index contributed by atoms with van der Waals surface area (Å²) in [6, 6.07) is 14.0. The number of ether oxygens (including phenoxy) is 1. The van der Waals surface area contributed by atoms with E-state index in [4.69, 9.17) is 9.84 Å². The second-order valence-corrected chi connectivity index (χ2v) is 7.31. The molecular weight excluding hydrogens is 326 g/mol. The summed E-state index contributed by atoms with van der Waals surface area (Å²) in [5, 5.41) is 8.38. The summed E-state index contributed by atoms with van der Waals surface area (Å²) in [7, 11) is 0. The van der Waals surface area contributed by atoms with Crippen molar-refractivity contribution in [2.45, 2.75) is 25.1 Å². The topological polar surface area (TPSA) is 55.2 Å². The number of nitrogens with zero attached hydrogens (tertiary/aromatic N) is 4. The van der Waals surface area contributed by atoms with Crippen molar-refractivity contribution in [3.8, 4) is 22.8 Å². The molecule has 0 radical (unpaired) electrons. The molecule has 2 unspecified atom stereocenters. The van der Waals surface area contributed by atoms with E-state index in [-0.39, 0.29) is 0 Å². The van der Waals surface area contributed by atoms with Gasteiger partial charge in [-0.05, 0) is 42.8 Å². The standard InChI is InChI=1S/C20H19N5O/c1-2-18-19-13(12-26-20(18)21-7-1)9-25(23-19)17-5-3-16(4-6-17)24-10-14-8-15(11-24)22-14/h1-7,9,14-15,22H,8,10-12H2. The van der Waals surface area contributed by atoms with E-state index in [1.54, 1.807) is 6.20 Å². The van der Waals surface area contributed by atoms with Gasteiger partial charge in [0, 0.05) is 48.8 Å². The first kappa shape index (κ1) is 14.3. The van der Waals surface area contributed by atoms with Gasteiger partial charge in [0.2, 0.25) is 5.88 Å². The molecule has 0 amide bonds. The van der Waals surface area contributed by atoms with Gasteiger partial charge in [0.1, 0.15) is 12.3 Å². The fraction of sp³-hybridized carbons (Fsp3) is 0.300. The minimum atomic E-state index is 0.515. The van der Waals surface area contributed by atoms with Crippen LogP contribution in [-0.2, 0) is 6.61 Å². The van der Waals surface area contributed by atoms with Crippen LogP contribution in [0.5, 0.6) is 5.88 Å². The van der Waals surface area contributed by atoms with E-state index in [1.165, 1.54) is 12.1 Å². The van der Waals surface area contributed by atoms with E-state index < -0.39 is 0 Å². The fourth-order valence-electron chi connectivity index (χ4n) is 4.25. The summed E-state index contributed by atoms with van der Waals surface area (Å²) < 4.78 is 7.67. The third kappa shape index (κ3) is 2.15. The lowest BCUT2D eigenvalue weighted by Gasteiger charge is -2.49. The average molecular weight is 345 g/mol. The van der Waals surface area contributed by atoms with Crippen LogP contribution in [0.1, 0.15) is 12.0 Å². The molecule has 3 aromatic rings. The molecule has 2 atom stereocenters. The Balaban J connectivity index is 1.31. The van der Waals surface area contributed by atoms with Gasteiger partial charge in [-0.3, -0.25) is 0 Å². The maximum Gasteiger partial charge on any atom is 0.223 e. The molecule has 6 heterocycles. The Labute approximate surface area is 151 Å². The number of fused-ring (bicyclic) bond motifs is 5. The third-order valence-electron chi connectivity index (χ3n) is 5.58. The van der Waals surface area contributed by atoms with E-state index in [1.807, 2.05) is 16.8 Å². The average Bonchev–Trinajstić information content (AvgIpc) is 3.13. The van der Waals surface area contributed by atoms with E-state index in [9.17, 15) is 0 Å². The molecule has 1 aromatic carbocycles. The zero-order valence-corrected chi connectivity index (χ0v) is 14.3. The van der Waals surface area contributed by atoms with Crippen LogP contribution in [0.2, 0.25) is 0 Å². The summed E-state index contributed by atoms with van der Waals surface area (Å²) in [6.07, 6.45) is 5.13. The van der Waals surface area contributed by atoms with Gasteiger partial charge in [0.25, 0.3) is 0 Å². The maximum absolute atomic E-state index is 5.73. The van der Waals surface area contributed by atoms with Crippen molar-refractivity contribution in [2.24, 2.45) is 0 Å². The summed E-state index contributed by atoms with van der Waals surface area (Å²) in [6.45, 7) is 2.72. The molecule has 6 heteroatoms. The van der Waals surface area contributed by atoms with Gasteiger partial charge >= 0.3 is 0 Å². The molecule has 0 aliphatic carbocycles. The first-order valence-corrected chi connectivity index (χ1v) is 9.12. The van der Waals surface area contributed by atoms with Gasteiger partial charge < -0.3 is 15.0 Å². The molecule has 6 nitrogen and oxygen atoms in total. The Morgan fingerprint density at radius 1 is 1.04 bits per heavy atom. The van der Waals surface area contributed by atoms with Gasteiger partial charge in [0.15, 0.2) is 0 Å². The van der Waals surface area contributed by atoms with Gasteiger partial charge in [-0.2, -0.15) is 5.10 Å². The van der Waals surface area contributed by atoms with Gasteiger partial charge in [-0.25, -0.2) is 9.67 Å². The molecule has 1 N–H and O–H groups in total. The van der Waals surface area contributed by atoms with E-state index in [0.29, 0.717) is 24.6 Å². The van der Waals surface area contributed by atoms with Crippen LogP contribution < -0.4 is 15.0 Å². The van der Waals surface area contributed by atoms with Crippen molar-refractivity contribution in [1.29, 1.82) is 0 Å². The number of benzene rings is 1. The largest absolute Gasteiger partial charge is 0.472 e. The van der Waals surface area contributed by atoms with Crippen LogP contribution in [0, 0.1) is 0 Å². The molecule has 130 valence electrons. The van der Waals surface area contributed by atoms with Crippen molar-refractivity contribution in [3.63, 3.8) is 0 Å². The smallest absolute Gasteiger partial charge is 0.223 e. The van der Waals surface area contributed by atoms with Crippen molar-refractivity contribution >= 4 is 5.69 Å². The number of hydrogen-bond donors (Lipinski definition) is 1. The van der Waals surface area contributed by atoms with Crippen LogP contribution in [0.4, 0.5) is 5.69 Å². The molecule has 3 saturated heterocycles. The number of hydrogen-bond acceptors (Lipinski definition) is 5. The summed E-state index contributed by atoms with van der Waals surface area (Å²) in [5.74, 6) is 0.665. The SMILES string of the molecule is c1cnc2c(c1)-c1nn(-c3ccc(N4CC5CC(C4)N5)cc3)cc1CO2. The fourth-order valence-corrected chi connectivity index (χ4v) is 4.25. The lowest BCUT2D eigenvalue weighted by molar-refractivity contribution is 0.226. The first-order chi connectivity index (χ1) is 12.8. The molecule has 0 spiro atoms. The Hall–Kier alpha value is -2.86. The van der Waals surface area contributed by atoms with Crippen LogP contribution in [0.15, 0.2) is 48.8 Å². The highest BCUT2D eigenvalue weighted by atomic mass is 16.5. The van der Waals surface area contributed by atoms with Crippen molar-refractivity contribution in [3.05, 3.63) is 54.4 Å². The number of anilines is 1. The number of rotatable bonds is 2. The van der Waals surface area contributed by atoms with Gasteiger partial charge in [-0.15, -0.1) is 0 Å². The molecule has 2 bridgehead atoms. The quantitative estimate of drug-likeness (QED) is 0.773. The van der Waals surface area contributed by atoms with Gasteiger partial charge in [0.05, 0.1) is 11.3 Å². The second kappa shape index (κ2) is 5.32. The van der Waals surface area contributed by atoms with E-state index in [2.05, 4.69) is 45.7 Å². The Morgan fingerprint density at radius 2 is 1.81 bits per heavy atom. The van der Waals surface area contributed by atoms with Crippen LogP contribution in [-0.4, -0.2) is 39.9 Å². The van der Waals surface area contributed by atoms with Crippen molar-refractivity contribution in [2.75, 3.05) is 18.0 Å². The molecule has 0 saturated carbocycles. The minimum absolute atomic E-state index is 0.515. The third-order valence-corrected chi connectivity index (χ3v) is 5.58. The predicted octanol–water partition coefficient (Wildman–Crippen LogP) is 2.38. The number of aromatic nitrogens is 3. The van der Waals surface area contributed by atoms with Crippen LogP contribution in [0.25, 0.3) is 16.9 Å². The minimum Gasteiger partial charge on any atom is -0.472 e. The zero-order valence-electron chi connectivity index (χ0n) is 14.3. The number of piperazine rings is 1. The van der Waals surface area contributed by atoms with E-state index >= 15 is 0 Å². The van der Waals surface area contributed by atoms with Crippen molar-refractivity contribution in [1.82, 2.24) is 20.1 Å². The Kier molecular flexibility index (Phi) is 2.93. The zero-order chi connectivity index (χ0) is 17.1. The van der Waals surface area contributed by atoms with Crippen molar-refractivity contribution < 1.29 is 4.74 Å². The molecule has 4 aliphatic rings. The molecule has 7 rings (SSSR count). The highest BCUT2D eigenvalue weighted by Crippen LogP contribution is 2.35. The number of pyridine rings is 1. The van der Waals surface area contributed by atoms with Crippen LogP contribution >= 0.6 is 0 Å². The molecule has 26 heavy (non-hydrogen) atoms. The molecule has 2 aromatic heterocycles. The predicted molar refractivity (Wildman–Crippen MR) is 98.7 cm³/mol. The normalized spacial score (nSPS) is 22.8. The monoisotopic (exact) mass is 345 g/mol. The van der Waals surface area contributed by atoms with E-state index in [0.717, 1.165) is 35.6 Å². The Morgan fingerprint density at radius 3 is 2.62 bits per heavy atom. The first-order valence-electron chi connectivity index (χ1n) is 9.12. The number of piperidine rings is 1. The summed E-state index contributed by atoms with van der Waals surface area (Å²) in [4.78, 5) is 6.77. The second-order valence-electron chi connectivity index (χ2n) is 7.31. The molecule has 4 aliphatic heterocycles.